The first-order valence-electron chi connectivity index (χ1n) is 5.00. The molecule has 0 unspecified atom stereocenters. The minimum absolute atomic E-state index is 0.315. The number of amides is 1. The molecule has 1 rings (SSSR count). The van der Waals surface area contributed by atoms with E-state index in [1.165, 1.54) is 0 Å². The van der Waals surface area contributed by atoms with E-state index in [4.69, 9.17) is 6.42 Å². The molecule has 0 aromatic rings. The highest BCUT2D eigenvalue weighted by Crippen LogP contribution is 1.93. The van der Waals surface area contributed by atoms with Gasteiger partial charge in [-0.2, -0.15) is 0 Å². The third-order valence-corrected chi connectivity index (χ3v) is 2.28. The second-order valence-corrected chi connectivity index (χ2v) is 3.35. The summed E-state index contributed by atoms with van der Waals surface area (Å²) in [6.07, 6.45) is 5.88. The molecule has 0 aromatic heterocycles. The van der Waals surface area contributed by atoms with Gasteiger partial charge in [-0.05, 0) is 18.9 Å². The van der Waals surface area contributed by atoms with Crippen molar-refractivity contribution in [2.24, 2.45) is 0 Å². The van der Waals surface area contributed by atoms with Crippen LogP contribution in [-0.4, -0.2) is 50.1 Å². The van der Waals surface area contributed by atoms with Gasteiger partial charge in [-0.1, -0.05) is 0 Å². The lowest BCUT2D eigenvalue weighted by Gasteiger charge is -2.26. The van der Waals surface area contributed by atoms with Crippen LogP contribution in [0.25, 0.3) is 0 Å². The highest BCUT2D eigenvalue weighted by atomic mass is 16.1. The normalized spacial score (nSPS) is 17.4. The number of carbonyl (C=O) groups is 1. The summed E-state index contributed by atoms with van der Waals surface area (Å²) >= 11 is 0. The maximum Gasteiger partial charge on any atom is 0.295 e. The van der Waals surface area contributed by atoms with Crippen molar-refractivity contribution >= 4 is 5.91 Å². The average molecular weight is 195 g/mol. The molecular formula is C10H17N3O. The molecule has 1 heterocycles. The highest BCUT2D eigenvalue weighted by molar-refractivity contribution is 5.92. The zero-order chi connectivity index (χ0) is 10.2. The molecule has 0 aromatic carbocycles. The number of hydrogen-bond acceptors (Lipinski definition) is 3. The van der Waals surface area contributed by atoms with Crippen LogP contribution in [0, 0.1) is 12.3 Å². The number of nitrogens with zero attached hydrogens (tertiary/aromatic N) is 1. The second-order valence-electron chi connectivity index (χ2n) is 3.35. The SMILES string of the molecule is C#CC(=O)NCCCN1CCNCC1. The van der Waals surface area contributed by atoms with Gasteiger partial charge >= 0.3 is 0 Å². The van der Waals surface area contributed by atoms with Crippen LogP contribution in [0.5, 0.6) is 0 Å². The van der Waals surface area contributed by atoms with Crippen LogP contribution in [0.1, 0.15) is 6.42 Å². The van der Waals surface area contributed by atoms with Gasteiger partial charge in [0.15, 0.2) is 0 Å². The fourth-order valence-corrected chi connectivity index (χ4v) is 1.49. The predicted molar refractivity (Wildman–Crippen MR) is 55.8 cm³/mol. The fraction of sp³-hybridized carbons (Fsp3) is 0.700. The summed E-state index contributed by atoms with van der Waals surface area (Å²) < 4.78 is 0. The number of carbonyl (C=O) groups excluding carboxylic acids is 1. The maximum absolute atomic E-state index is 10.7. The van der Waals surface area contributed by atoms with Crippen molar-refractivity contribution in [3.05, 3.63) is 0 Å². The second kappa shape index (κ2) is 6.41. The van der Waals surface area contributed by atoms with Crippen molar-refractivity contribution in [3.8, 4) is 12.3 Å². The number of nitrogens with one attached hydrogen (secondary N) is 2. The minimum Gasteiger partial charge on any atom is -0.345 e. The Bertz CT molecular complexity index is 216. The molecule has 1 aliphatic rings. The zero-order valence-corrected chi connectivity index (χ0v) is 8.38. The summed E-state index contributed by atoms with van der Waals surface area (Å²) in [6.45, 7) is 6.04. The summed E-state index contributed by atoms with van der Waals surface area (Å²) in [7, 11) is 0. The Morgan fingerprint density at radius 2 is 2.21 bits per heavy atom. The van der Waals surface area contributed by atoms with Crippen molar-refractivity contribution in [2.45, 2.75) is 6.42 Å². The molecular weight excluding hydrogens is 178 g/mol. The van der Waals surface area contributed by atoms with Crippen molar-refractivity contribution in [1.29, 1.82) is 0 Å². The van der Waals surface area contributed by atoms with Gasteiger partial charge in [0.1, 0.15) is 0 Å². The molecule has 4 heteroatoms. The molecule has 78 valence electrons. The highest BCUT2D eigenvalue weighted by Gasteiger charge is 2.08. The van der Waals surface area contributed by atoms with Gasteiger partial charge in [0, 0.05) is 32.7 Å². The first kappa shape index (κ1) is 11.0. The molecule has 2 N–H and O–H groups in total. The van der Waals surface area contributed by atoms with Crippen molar-refractivity contribution < 1.29 is 4.79 Å². The molecule has 4 nitrogen and oxygen atoms in total. The molecule has 14 heavy (non-hydrogen) atoms. The minimum atomic E-state index is -0.315. The molecule has 0 spiro atoms. The topological polar surface area (TPSA) is 44.4 Å². The van der Waals surface area contributed by atoms with Gasteiger partial charge in [0.2, 0.25) is 0 Å². The Kier molecular flexibility index (Phi) is 5.05. The van der Waals surface area contributed by atoms with Crippen LogP contribution in [0.2, 0.25) is 0 Å². The van der Waals surface area contributed by atoms with E-state index >= 15 is 0 Å². The molecule has 1 aliphatic heterocycles. The summed E-state index contributed by atoms with van der Waals surface area (Å²) in [5, 5.41) is 5.95. The lowest BCUT2D eigenvalue weighted by atomic mass is 10.3. The largest absolute Gasteiger partial charge is 0.345 e. The average Bonchev–Trinajstić information content (AvgIpc) is 2.25. The van der Waals surface area contributed by atoms with E-state index in [0.29, 0.717) is 6.54 Å². The number of hydrogen-bond donors (Lipinski definition) is 2. The number of piperazine rings is 1. The number of terminal acetylenes is 1. The van der Waals surface area contributed by atoms with Gasteiger partial charge < -0.3 is 15.5 Å². The zero-order valence-electron chi connectivity index (χ0n) is 8.38. The van der Waals surface area contributed by atoms with Crippen molar-refractivity contribution in [3.63, 3.8) is 0 Å². The van der Waals surface area contributed by atoms with E-state index < -0.39 is 0 Å². The van der Waals surface area contributed by atoms with Crippen LogP contribution < -0.4 is 10.6 Å². The van der Waals surface area contributed by atoms with Crippen LogP contribution in [-0.2, 0) is 4.79 Å². The van der Waals surface area contributed by atoms with Crippen LogP contribution >= 0.6 is 0 Å². The summed E-state index contributed by atoms with van der Waals surface area (Å²) in [5.74, 6) is 1.72. The summed E-state index contributed by atoms with van der Waals surface area (Å²) in [6, 6.07) is 0. The molecule has 0 atom stereocenters. The first-order chi connectivity index (χ1) is 6.83. The van der Waals surface area contributed by atoms with E-state index in [1.807, 2.05) is 5.92 Å². The molecule has 0 saturated carbocycles. The molecule has 1 saturated heterocycles. The Balaban J connectivity index is 1.98. The van der Waals surface area contributed by atoms with Gasteiger partial charge in [0.05, 0.1) is 0 Å². The smallest absolute Gasteiger partial charge is 0.295 e. The van der Waals surface area contributed by atoms with Gasteiger partial charge in [0.25, 0.3) is 5.91 Å². The van der Waals surface area contributed by atoms with Gasteiger partial charge in [-0.3, -0.25) is 4.79 Å². The lowest BCUT2D eigenvalue weighted by Crippen LogP contribution is -2.44. The van der Waals surface area contributed by atoms with Crippen LogP contribution in [0.15, 0.2) is 0 Å². The molecule has 0 bridgehead atoms. The van der Waals surface area contributed by atoms with E-state index in [2.05, 4.69) is 15.5 Å². The van der Waals surface area contributed by atoms with E-state index in [1.54, 1.807) is 0 Å². The van der Waals surface area contributed by atoms with Crippen LogP contribution in [0.3, 0.4) is 0 Å². The monoisotopic (exact) mass is 195 g/mol. The molecule has 1 amide bonds. The molecule has 0 radical (unpaired) electrons. The summed E-state index contributed by atoms with van der Waals surface area (Å²) in [4.78, 5) is 13.1. The number of rotatable bonds is 4. The van der Waals surface area contributed by atoms with Crippen LogP contribution in [0.4, 0.5) is 0 Å². The Labute approximate surface area is 85.0 Å². The lowest BCUT2D eigenvalue weighted by molar-refractivity contribution is -0.115. The Morgan fingerprint density at radius 1 is 1.50 bits per heavy atom. The van der Waals surface area contributed by atoms with Crippen molar-refractivity contribution in [2.75, 3.05) is 39.3 Å². The maximum atomic E-state index is 10.7. The third-order valence-electron chi connectivity index (χ3n) is 2.28. The third kappa shape index (κ3) is 4.26. The summed E-state index contributed by atoms with van der Waals surface area (Å²) in [5.41, 5.74) is 0. The predicted octanol–water partition coefficient (Wildman–Crippen LogP) is -0.969. The van der Waals surface area contributed by atoms with E-state index in [0.717, 1.165) is 39.1 Å². The van der Waals surface area contributed by atoms with Gasteiger partial charge in [-0.25, -0.2) is 0 Å². The fourth-order valence-electron chi connectivity index (χ4n) is 1.49. The first-order valence-corrected chi connectivity index (χ1v) is 5.00. The van der Waals surface area contributed by atoms with Crippen molar-refractivity contribution in [1.82, 2.24) is 15.5 Å². The van der Waals surface area contributed by atoms with Gasteiger partial charge in [-0.15, -0.1) is 6.42 Å². The Hall–Kier alpha value is -1.05. The molecule has 1 fully saturated rings. The standard InChI is InChI=1S/C10H17N3O/c1-2-10(14)12-4-3-7-13-8-5-11-6-9-13/h1,11H,3-9H2,(H,12,14). The van der Waals surface area contributed by atoms with E-state index in [-0.39, 0.29) is 5.91 Å². The Morgan fingerprint density at radius 3 is 2.86 bits per heavy atom. The van der Waals surface area contributed by atoms with E-state index in [9.17, 15) is 4.79 Å². The quantitative estimate of drug-likeness (QED) is 0.448. The molecule has 0 aliphatic carbocycles.